The predicted octanol–water partition coefficient (Wildman–Crippen LogP) is 2.31. The van der Waals surface area contributed by atoms with Crippen LogP contribution in [-0.2, 0) is 11.2 Å². The average Bonchev–Trinajstić information content (AvgIpc) is 2.45. The van der Waals surface area contributed by atoms with Gasteiger partial charge in [0.2, 0.25) is 5.91 Å². The highest BCUT2D eigenvalue weighted by molar-refractivity contribution is 5.79. The van der Waals surface area contributed by atoms with Crippen molar-refractivity contribution in [2.45, 2.75) is 38.1 Å². The monoisotopic (exact) mass is 301 g/mol. The van der Waals surface area contributed by atoms with Crippen LogP contribution in [0.3, 0.4) is 0 Å². The van der Waals surface area contributed by atoms with Crippen molar-refractivity contribution >= 4 is 5.91 Å². The molecule has 1 aliphatic carbocycles. The molecule has 0 bridgehead atoms. The smallest absolute Gasteiger partial charge is 0.224 e. The molecule has 1 fully saturated rings. The van der Waals surface area contributed by atoms with Crippen molar-refractivity contribution in [1.29, 1.82) is 0 Å². The third-order valence-electron chi connectivity index (χ3n) is 3.93. The van der Waals surface area contributed by atoms with Gasteiger partial charge in [-0.05, 0) is 18.9 Å². The Bertz CT molecular complexity index is 522. The molecule has 1 amide bonds. The molecule has 0 radical (unpaired) electrons. The highest BCUT2D eigenvalue weighted by atomic mass is 19.2. The Hall–Kier alpha value is -1.56. The Balaban J connectivity index is 2.00. The lowest BCUT2D eigenvalue weighted by atomic mass is 9.85. The first-order chi connectivity index (χ1) is 10.0. The van der Waals surface area contributed by atoms with Gasteiger partial charge in [-0.1, -0.05) is 12.8 Å². The van der Waals surface area contributed by atoms with Gasteiger partial charge in [0.15, 0.2) is 11.6 Å². The van der Waals surface area contributed by atoms with E-state index in [1.807, 2.05) is 0 Å². The summed E-state index contributed by atoms with van der Waals surface area (Å²) in [4.78, 5) is 11.9. The molecular formula is C15H18F3NO2. The molecule has 2 rings (SSSR count). The van der Waals surface area contributed by atoms with Crippen LogP contribution in [-0.4, -0.2) is 23.7 Å². The molecule has 0 aliphatic heterocycles. The number of aliphatic hydroxyl groups excluding tert-OH is 1. The molecule has 1 saturated carbocycles. The van der Waals surface area contributed by atoms with E-state index in [2.05, 4.69) is 5.32 Å². The molecule has 0 heterocycles. The molecular weight excluding hydrogens is 283 g/mol. The second kappa shape index (κ2) is 6.93. The van der Waals surface area contributed by atoms with Gasteiger partial charge in [0.1, 0.15) is 5.82 Å². The first-order valence-corrected chi connectivity index (χ1v) is 7.05. The summed E-state index contributed by atoms with van der Waals surface area (Å²) >= 11 is 0. The summed E-state index contributed by atoms with van der Waals surface area (Å²) in [5.41, 5.74) is -0.178. The number of carbonyl (C=O) groups is 1. The zero-order chi connectivity index (χ0) is 15.4. The molecule has 21 heavy (non-hydrogen) atoms. The van der Waals surface area contributed by atoms with Crippen molar-refractivity contribution in [3.05, 3.63) is 35.1 Å². The third-order valence-corrected chi connectivity index (χ3v) is 3.93. The van der Waals surface area contributed by atoms with Crippen molar-refractivity contribution in [3.63, 3.8) is 0 Å². The van der Waals surface area contributed by atoms with Crippen LogP contribution >= 0.6 is 0 Å². The fourth-order valence-corrected chi connectivity index (χ4v) is 2.75. The quantitative estimate of drug-likeness (QED) is 0.839. The summed E-state index contributed by atoms with van der Waals surface area (Å²) < 4.78 is 39.4. The van der Waals surface area contributed by atoms with E-state index in [0.29, 0.717) is 12.1 Å². The summed E-state index contributed by atoms with van der Waals surface area (Å²) in [6, 6.07) is 0.994. The molecule has 116 valence electrons. The van der Waals surface area contributed by atoms with Gasteiger partial charge < -0.3 is 10.4 Å². The van der Waals surface area contributed by atoms with Crippen molar-refractivity contribution in [2.75, 3.05) is 6.61 Å². The van der Waals surface area contributed by atoms with Crippen molar-refractivity contribution in [3.8, 4) is 0 Å². The molecule has 2 unspecified atom stereocenters. The van der Waals surface area contributed by atoms with Gasteiger partial charge in [0.25, 0.3) is 0 Å². The Kier molecular flexibility index (Phi) is 5.22. The molecule has 0 spiro atoms. The molecule has 1 aliphatic rings. The van der Waals surface area contributed by atoms with Crippen LogP contribution in [0.4, 0.5) is 13.2 Å². The van der Waals surface area contributed by atoms with Crippen LogP contribution in [0.25, 0.3) is 0 Å². The number of nitrogens with one attached hydrogen (secondary N) is 1. The zero-order valence-corrected chi connectivity index (χ0v) is 11.5. The molecule has 0 saturated heterocycles. The molecule has 1 aromatic rings. The first kappa shape index (κ1) is 15.8. The highest BCUT2D eigenvalue weighted by Gasteiger charge is 2.26. The first-order valence-electron chi connectivity index (χ1n) is 7.05. The second-order valence-electron chi connectivity index (χ2n) is 5.44. The average molecular weight is 301 g/mol. The van der Waals surface area contributed by atoms with Gasteiger partial charge >= 0.3 is 0 Å². The number of aliphatic hydroxyl groups is 1. The van der Waals surface area contributed by atoms with E-state index < -0.39 is 23.4 Å². The number of hydrogen-bond acceptors (Lipinski definition) is 2. The van der Waals surface area contributed by atoms with Gasteiger partial charge in [-0.15, -0.1) is 0 Å². The number of halogens is 3. The molecule has 6 heteroatoms. The number of rotatable bonds is 4. The number of hydrogen-bond donors (Lipinski definition) is 2. The zero-order valence-electron chi connectivity index (χ0n) is 11.5. The van der Waals surface area contributed by atoms with Gasteiger partial charge in [0.05, 0.1) is 6.42 Å². The lowest BCUT2D eigenvalue weighted by molar-refractivity contribution is -0.121. The maximum Gasteiger partial charge on any atom is 0.224 e. The minimum absolute atomic E-state index is 0.00231. The van der Waals surface area contributed by atoms with Crippen LogP contribution in [0.5, 0.6) is 0 Å². The molecule has 3 nitrogen and oxygen atoms in total. The van der Waals surface area contributed by atoms with E-state index in [9.17, 15) is 23.1 Å². The van der Waals surface area contributed by atoms with Crippen LogP contribution in [0, 0.1) is 23.4 Å². The standard InChI is InChI=1S/C15H18F3NO2/c16-11-7-13(18)12(17)5-10(11)6-15(21)19-14-4-2-1-3-9(14)8-20/h5,7,9,14,20H,1-4,6,8H2,(H,19,21). The summed E-state index contributed by atoms with van der Waals surface area (Å²) in [6.07, 6.45) is 3.21. The minimum Gasteiger partial charge on any atom is -0.396 e. The molecule has 2 atom stereocenters. The Morgan fingerprint density at radius 2 is 1.81 bits per heavy atom. The van der Waals surface area contributed by atoms with Gasteiger partial charge in [-0.2, -0.15) is 0 Å². The van der Waals surface area contributed by atoms with E-state index in [1.165, 1.54) is 0 Å². The number of carbonyl (C=O) groups excluding carboxylic acids is 1. The molecule has 0 aromatic heterocycles. The topological polar surface area (TPSA) is 49.3 Å². The van der Waals surface area contributed by atoms with Crippen LogP contribution in [0.1, 0.15) is 31.2 Å². The van der Waals surface area contributed by atoms with E-state index in [1.54, 1.807) is 0 Å². The minimum atomic E-state index is -1.27. The Morgan fingerprint density at radius 3 is 2.52 bits per heavy atom. The van der Waals surface area contributed by atoms with E-state index in [4.69, 9.17) is 0 Å². The van der Waals surface area contributed by atoms with E-state index in [-0.39, 0.29) is 30.6 Å². The van der Waals surface area contributed by atoms with Crippen molar-refractivity contribution in [1.82, 2.24) is 5.32 Å². The number of benzene rings is 1. The molecule has 1 aromatic carbocycles. The van der Waals surface area contributed by atoms with E-state index >= 15 is 0 Å². The van der Waals surface area contributed by atoms with E-state index in [0.717, 1.165) is 25.7 Å². The van der Waals surface area contributed by atoms with Crippen molar-refractivity contribution < 1.29 is 23.1 Å². The van der Waals surface area contributed by atoms with Crippen LogP contribution in [0.15, 0.2) is 12.1 Å². The lowest BCUT2D eigenvalue weighted by Crippen LogP contribution is -2.44. The van der Waals surface area contributed by atoms with Crippen LogP contribution < -0.4 is 5.32 Å². The largest absolute Gasteiger partial charge is 0.396 e. The van der Waals surface area contributed by atoms with Crippen molar-refractivity contribution in [2.24, 2.45) is 5.92 Å². The predicted molar refractivity (Wildman–Crippen MR) is 71.0 cm³/mol. The maximum atomic E-state index is 13.5. The Labute approximate surface area is 121 Å². The maximum absolute atomic E-state index is 13.5. The third kappa shape index (κ3) is 3.97. The van der Waals surface area contributed by atoms with Gasteiger partial charge in [0, 0.05) is 30.2 Å². The molecule has 2 N–H and O–H groups in total. The fourth-order valence-electron chi connectivity index (χ4n) is 2.75. The summed E-state index contributed by atoms with van der Waals surface area (Å²) in [6.45, 7) is -0.00944. The summed E-state index contributed by atoms with van der Waals surface area (Å²) in [5, 5.41) is 12.0. The normalized spacial score (nSPS) is 22.1. The van der Waals surface area contributed by atoms with Crippen LogP contribution in [0.2, 0.25) is 0 Å². The Morgan fingerprint density at radius 1 is 1.14 bits per heavy atom. The lowest BCUT2D eigenvalue weighted by Gasteiger charge is -2.30. The second-order valence-corrected chi connectivity index (χ2v) is 5.44. The highest BCUT2D eigenvalue weighted by Crippen LogP contribution is 2.24. The van der Waals surface area contributed by atoms with Gasteiger partial charge in [-0.25, -0.2) is 13.2 Å². The summed E-state index contributed by atoms with van der Waals surface area (Å²) in [5.74, 6) is -3.84. The van der Waals surface area contributed by atoms with Gasteiger partial charge in [-0.3, -0.25) is 4.79 Å². The summed E-state index contributed by atoms with van der Waals surface area (Å²) in [7, 11) is 0. The fraction of sp³-hybridized carbons (Fsp3) is 0.533. The number of amides is 1. The SMILES string of the molecule is O=C(Cc1cc(F)c(F)cc1F)NC1CCCCC1CO.